The van der Waals surface area contributed by atoms with E-state index < -0.39 is 0 Å². The zero-order valence-corrected chi connectivity index (χ0v) is 7.72. The number of rotatable bonds is 2. The molecule has 0 unspecified atom stereocenters. The Bertz CT molecular complexity index is 451. The lowest BCUT2D eigenvalue weighted by molar-refractivity contribution is 0.111. The Kier molecular flexibility index (Phi) is 2.24. The maximum atomic E-state index is 10.4. The molecule has 5 nitrogen and oxygen atoms in total. The van der Waals surface area contributed by atoms with Gasteiger partial charge in [-0.3, -0.25) is 9.36 Å². The highest BCUT2D eigenvalue weighted by molar-refractivity contribution is 6.30. The van der Waals surface area contributed by atoms with Gasteiger partial charge in [0.1, 0.15) is 12.0 Å². The summed E-state index contributed by atoms with van der Waals surface area (Å²) >= 11 is 5.63. The van der Waals surface area contributed by atoms with E-state index in [4.69, 9.17) is 11.6 Å². The van der Waals surface area contributed by atoms with Crippen LogP contribution < -0.4 is 0 Å². The maximum Gasteiger partial charge on any atom is 0.234 e. The molecule has 0 saturated heterocycles. The highest BCUT2D eigenvalue weighted by Gasteiger charge is 2.01. The van der Waals surface area contributed by atoms with E-state index in [2.05, 4.69) is 15.0 Å². The van der Waals surface area contributed by atoms with Crippen molar-refractivity contribution in [3.8, 4) is 5.95 Å². The molecule has 70 valence electrons. The van der Waals surface area contributed by atoms with Gasteiger partial charge in [-0.1, -0.05) is 11.6 Å². The molecule has 2 aromatic heterocycles. The highest BCUT2D eigenvalue weighted by Crippen LogP contribution is 2.06. The largest absolute Gasteiger partial charge is 0.296 e. The first kappa shape index (κ1) is 8.83. The lowest BCUT2D eigenvalue weighted by Crippen LogP contribution is -1.96. The molecule has 0 radical (unpaired) electrons. The number of nitrogens with zero attached hydrogens (tertiary/aromatic N) is 4. The minimum Gasteiger partial charge on any atom is -0.296 e. The number of hydrogen-bond donors (Lipinski definition) is 0. The zero-order valence-electron chi connectivity index (χ0n) is 6.96. The first-order valence-electron chi connectivity index (χ1n) is 3.76. The van der Waals surface area contributed by atoms with E-state index in [-0.39, 0.29) is 0 Å². The molecule has 0 saturated carbocycles. The van der Waals surface area contributed by atoms with Crippen molar-refractivity contribution in [2.45, 2.75) is 0 Å². The van der Waals surface area contributed by atoms with Gasteiger partial charge in [0.05, 0.1) is 17.4 Å². The van der Waals surface area contributed by atoms with Crippen molar-refractivity contribution < 1.29 is 4.79 Å². The van der Waals surface area contributed by atoms with Crippen LogP contribution in [0.4, 0.5) is 0 Å². The van der Waals surface area contributed by atoms with Crippen LogP contribution >= 0.6 is 11.6 Å². The molecule has 14 heavy (non-hydrogen) atoms. The van der Waals surface area contributed by atoms with Crippen LogP contribution in [0.25, 0.3) is 5.95 Å². The number of imidazole rings is 1. The van der Waals surface area contributed by atoms with Crippen LogP contribution in [-0.2, 0) is 0 Å². The summed E-state index contributed by atoms with van der Waals surface area (Å²) in [5, 5.41) is 0.462. The molecule has 2 heterocycles. The lowest BCUT2D eigenvalue weighted by Gasteiger charge is -1.97. The Morgan fingerprint density at radius 2 is 2.00 bits per heavy atom. The van der Waals surface area contributed by atoms with Crippen molar-refractivity contribution in [3.63, 3.8) is 0 Å². The Hall–Kier alpha value is -1.75. The summed E-state index contributed by atoms with van der Waals surface area (Å²) in [5.74, 6) is 0.426. The van der Waals surface area contributed by atoms with Gasteiger partial charge in [-0.25, -0.2) is 15.0 Å². The monoisotopic (exact) mass is 208 g/mol. The number of halogens is 1. The van der Waals surface area contributed by atoms with Gasteiger partial charge in [-0.15, -0.1) is 0 Å². The fraction of sp³-hybridized carbons (Fsp3) is 0. The van der Waals surface area contributed by atoms with Crippen molar-refractivity contribution in [1.82, 2.24) is 19.5 Å². The summed E-state index contributed by atoms with van der Waals surface area (Å²) in [6.07, 6.45) is 6.62. The third-order valence-corrected chi connectivity index (χ3v) is 1.76. The van der Waals surface area contributed by atoms with Crippen LogP contribution in [0.5, 0.6) is 0 Å². The predicted molar refractivity (Wildman–Crippen MR) is 49.6 cm³/mol. The molecule has 0 aromatic carbocycles. The van der Waals surface area contributed by atoms with Gasteiger partial charge in [-0.05, 0) is 0 Å². The van der Waals surface area contributed by atoms with Crippen LogP contribution in [0.15, 0.2) is 24.9 Å². The average molecular weight is 209 g/mol. The molecule has 0 N–H and O–H groups in total. The van der Waals surface area contributed by atoms with Crippen molar-refractivity contribution in [3.05, 3.63) is 35.6 Å². The van der Waals surface area contributed by atoms with Gasteiger partial charge < -0.3 is 0 Å². The van der Waals surface area contributed by atoms with Crippen LogP contribution in [0.1, 0.15) is 10.5 Å². The fourth-order valence-corrected chi connectivity index (χ4v) is 1.04. The number of carbonyl (C=O) groups is 1. The van der Waals surface area contributed by atoms with E-state index in [0.29, 0.717) is 23.0 Å². The van der Waals surface area contributed by atoms with E-state index in [1.165, 1.54) is 24.9 Å². The van der Waals surface area contributed by atoms with Crippen LogP contribution in [-0.4, -0.2) is 25.8 Å². The summed E-state index contributed by atoms with van der Waals surface area (Å²) < 4.78 is 1.54. The normalized spacial score (nSPS) is 10.1. The molecule has 2 rings (SSSR count). The second kappa shape index (κ2) is 3.55. The Balaban J connectivity index is 2.39. The van der Waals surface area contributed by atoms with Crippen molar-refractivity contribution >= 4 is 17.9 Å². The second-order valence-corrected chi connectivity index (χ2v) is 2.96. The van der Waals surface area contributed by atoms with E-state index >= 15 is 0 Å². The van der Waals surface area contributed by atoms with Gasteiger partial charge in [0.25, 0.3) is 0 Å². The Morgan fingerprint density at radius 1 is 1.29 bits per heavy atom. The van der Waals surface area contributed by atoms with E-state index in [0.717, 1.165) is 0 Å². The first-order chi connectivity index (χ1) is 6.79. The first-order valence-corrected chi connectivity index (χ1v) is 4.14. The van der Waals surface area contributed by atoms with Gasteiger partial charge in [0.2, 0.25) is 5.95 Å². The number of aldehydes is 1. The average Bonchev–Trinajstić information content (AvgIpc) is 2.67. The number of aromatic nitrogens is 4. The van der Waals surface area contributed by atoms with E-state index in [1.807, 2.05) is 0 Å². The van der Waals surface area contributed by atoms with E-state index in [1.54, 1.807) is 4.57 Å². The zero-order chi connectivity index (χ0) is 9.97. The smallest absolute Gasteiger partial charge is 0.234 e. The summed E-state index contributed by atoms with van der Waals surface area (Å²) in [6, 6.07) is 0. The maximum absolute atomic E-state index is 10.4. The summed E-state index contributed by atoms with van der Waals surface area (Å²) in [7, 11) is 0. The molecule has 0 amide bonds. The van der Waals surface area contributed by atoms with Crippen molar-refractivity contribution in [2.75, 3.05) is 0 Å². The van der Waals surface area contributed by atoms with E-state index in [9.17, 15) is 4.79 Å². The third-order valence-electron chi connectivity index (χ3n) is 1.56. The molecule has 0 aliphatic rings. The molecular formula is C8H5ClN4O. The van der Waals surface area contributed by atoms with Gasteiger partial charge >= 0.3 is 0 Å². The molecule has 2 aromatic rings. The highest BCUT2D eigenvalue weighted by atomic mass is 35.5. The molecule has 0 aliphatic carbocycles. The summed E-state index contributed by atoms with van der Waals surface area (Å²) in [4.78, 5) is 22.1. The molecule has 0 aliphatic heterocycles. The molecule has 0 spiro atoms. The molecule has 0 atom stereocenters. The van der Waals surface area contributed by atoms with Gasteiger partial charge in [0.15, 0.2) is 6.29 Å². The minimum atomic E-state index is 0.337. The minimum absolute atomic E-state index is 0.337. The van der Waals surface area contributed by atoms with Crippen molar-refractivity contribution in [1.29, 1.82) is 0 Å². The Labute approximate surface area is 84.4 Å². The molecule has 0 bridgehead atoms. The predicted octanol–water partition coefficient (Wildman–Crippen LogP) is 1.13. The SMILES string of the molecule is O=Cc1cn(-c2ncc(Cl)cn2)cn1. The fourth-order valence-electron chi connectivity index (χ4n) is 0.947. The standard InChI is InChI=1S/C8H5ClN4O/c9-6-1-10-8(11-2-6)13-3-7(4-14)12-5-13/h1-5H. The van der Waals surface area contributed by atoms with Crippen LogP contribution in [0.2, 0.25) is 5.02 Å². The topological polar surface area (TPSA) is 60.7 Å². The number of hydrogen-bond acceptors (Lipinski definition) is 4. The lowest BCUT2D eigenvalue weighted by atomic mass is 10.5. The van der Waals surface area contributed by atoms with Gasteiger partial charge in [-0.2, -0.15) is 0 Å². The summed E-state index contributed by atoms with van der Waals surface area (Å²) in [5.41, 5.74) is 0.337. The van der Waals surface area contributed by atoms with Crippen LogP contribution in [0, 0.1) is 0 Å². The quantitative estimate of drug-likeness (QED) is 0.694. The summed E-state index contributed by atoms with van der Waals surface area (Å²) in [6.45, 7) is 0. The Morgan fingerprint density at radius 3 is 2.57 bits per heavy atom. The molecular weight excluding hydrogens is 204 g/mol. The molecule has 0 fully saturated rings. The third kappa shape index (κ3) is 1.62. The second-order valence-electron chi connectivity index (χ2n) is 2.52. The molecule has 6 heteroatoms. The van der Waals surface area contributed by atoms with Gasteiger partial charge in [0, 0.05) is 6.20 Å². The van der Waals surface area contributed by atoms with Crippen molar-refractivity contribution in [2.24, 2.45) is 0 Å². The number of carbonyl (C=O) groups excluding carboxylic acids is 1. The van der Waals surface area contributed by atoms with Crippen LogP contribution in [0.3, 0.4) is 0 Å².